The Hall–Kier alpha value is 0.640. The lowest BCUT2D eigenvalue weighted by atomic mass is 10.5. The second kappa shape index (κ2) is 3.72. The van der Waals surface area contributed by atoms with Crippen LogP contribution in [-0.2, 0) is 0 Å². The Morgan fingerprint density at radius 2 is 2.33 bits per heavy atom. The van der Waals surface area contributed by atoms with Gasteiger partial charge in [-0.15, -0.1) is 11.6 Å². The lowest BCUT2D eigenvalue weighted by Gasteiger charge is -2.04. The number of halogens is 1. The highest BCUT2D eigenvalue weighted by Crippen LogP contribution is 2.33. The molecule has 0 nitrogen and oxygen atoms in total. The minimum absolute atomic E-state index is 0.660. The first-order valence-corrected chi connectivity index (χ1v) is 5.09. The molecule has 0 spiro atoms. The van der Waals surface area contributed by atoms with Crippen molar-refractivity contribution in [1.82, 2.24) is 0 Å². The molecule has 1 fully saturated rings. The summed E-state index contributed by atoms with van der Waals surface area (Å²) in [7, 11) is 0. The zero-order chi connectivity index (χ0) is 6.69. The van der Waals surface area contributed by atoms with Crippen LogP contribution in [0.25, 0.3) is 0 Å². The van der Waals surface area contributed by atoms with E-state index in [1.807, 2.05) is 11.8 Å². The number of hydrogen-bond acceptors (Lipinski definition) is 1. The molecule has 1 rings (SSSR count). The van der Waals surface area contributed by atoms with Gasteiger partial charge in [-0.25, -0.2) is 0 Å². The molecule has 0 aliphatic heterocycles. The van der Waals surface area contributed by atoms with Gasteiger partial charge in [-0.1, -0.05) is 6.92 Å². The van der Waals surface area contributed by atoms with E-state index in [1.165, 1.54) is 18.6 Å². The lowest BCUT2D eigenvalue weighted by molar-refractivity contribution is 0.988. The van der Waals surface area contributed by atoms with Gasteiger partial charge in [0.05, 0.1) is 0 Å². The smallest absolute Gasteiger partial charge is 0.0339 e. The minimum Gasteiger partial charge on any atom is -0.157 e. The standard InChI is InChI=1S/C7H13ClS/c1-6(4-8)9-5-7-2-3-7/h6-7H,2-5H2,1H3. The van der Waals surface area contributed by atoms with Gasteiger partial charge in [-0.3, -0.25) is 0 Å². The quantitative estimate of drug-likeness (QED) is 0.576. The summed E-state index contributed by atoms with van der Waals surface area (Å²) in [6.45, 7) is 2.19. The number of thioether (sulfide) groups is 1. The molecule has 0 bridgehead atoms. The van der Waals surface area contributed by atoms with E-state index in [1.54, 1.807) is 0 Å². The van der Waals surface area contributed by atoms with Gasteiger partial charge >= 0.3 is 0 Å². The van der Waals surface area contributed by atoms with Crippen LogP contribution < -0.4 is 0 Å². The summed E-state index contributed by atoms with van der Waals surface area (Å²) in [6.07, 6.45) is 2.92. The maximum atomic E-state index is 5.64. The van der Waals surface area contributed by atoms with Crippen LogP contribution in [0.2, 0.25) is 0 Å². The van der Waals surface area contributed by atoms with Crippen LogP contribution >= 0.6 is 23.4 Å². The fraction of sp³-hybridized carbons (Fsp3) is 1.00. The highest BCUT2D eigenvalue weighted by molar-refractivity contribution is 7.99. The molecule has 0 heterocycles. The van der Waals surface area contributed by atoms with E-state index in [9.17, 15) is 0 Å². The normalized spacial score (nSPS) is 22.0. The highest BCUT2D eigenvalue weighted by atomic mass is 35.5. The molecular weight excluding hydrogens is 152 g/mol. The first-order valence-electron chi connectivity index (χ1n) is 3.50. The van der Waals surface area contributed by atoms with E-state index in [-0.39, 0.29) is 0 Å². The molecule has 1 saturated carbocycles. The third kappa shape index (κ3) is 3.36. The molecule has 1 aliphatic carbocycles. The zero-order valence-electron chi connectivity index (χ0n) is 5.77. The number of alkyl halides is 1. The maximum absolute atomic E-state index is 5.64. The predicted octanol–water partition coefficient (Wildman–Crippen LogP) is 2.76. The van der Waals surface area contributed by atoms with Gasteiger partial charge in [0.1, 0.15) is 0 Å². The molecule has 1 aliphatic rings. The Kier molecular flexibility index (Phi) is 3.20. The Morgan fingerprint density at radius 1 is 1.67 bits per heavy atom. The SMILES string of the molecule is CC(CCl)SCC1CC1. The van der Waals surface area contributed by atoms with Crippen molar-refractivity contribution < 1.29 is 0 Å². The summed E-state index contributed by atoms with van der Waals surface area (Å²) >= 11 is 7.65. The Bertz CT molecular complexity index is 81.0. The lowest BCUT2D eigenvalue weighted by Crippen LogP contribution is -1.98. The van der Waals surface area contributed by atoms with Crippen LogP contribution in [0.3, 0.4) is 0 Å². The second-order valence-electron chi connectivity index (χ2n) is 2.74. The molecule has 0 radical (unpaired) electrons. The Balaban J connectivity index is 1.90. The average molecular weight is 165 g/mol. The largest absolute Gasteiger partial charge is 0.157 e. The molecule has 1 unspecified atom stereocenters. The van der Waals surface area contributed by atoms with Crippen molar-refractivity contribution in [2.75, 3.05) is 11.6 Å². The van der Waals surface area contributed by atoms with Gasteiger partial charge < -0.3 is 0 Å². The predicted molar refractivity (Wildman–Crippen MR) is 45.4 cm³/mol. The number of hydrogen-bond donors (Lipinski definition) is 0. The fourth-order valence-corrected chi connectivity index (χ4v) is 1.92. The van der Waals surface area contributed by atoms with E-state index < -0.39 is 0 Å². The van der Waals surface area contributed by atoms with Gasteiger partial charge in [0, 0.05) is 11.1 Å². The van der Waals surface area contributed by atoms with Gasteiger partial charge in [-0.2, -0.15) is 11.8 Å². The highest BCUT2D eigenvalue weighted by Gasteiger charge is 2.21. The van der Waals surface area contributed by atoms with Crippen LogP contribution in [0.4, 0.5) is 0 Å². The molecular formula is C7H13ClS. The molecule has 2 heteroatoms. The third-order valence-electron chi connectivity index (χ3n) is 1.53. The van der Waals surface area contributed by atoms with Crippen molar-refractivity contribution >= 4 is 23.4 Å². The van der Waals surface area contributed by atoms with Crippen LogP contribution in [0.5, 0.6) is 0 Å². The van der Waals surface area contributed by atoms with E-state index in [0.29, 0.717) is 5.25 Å². The molecule has 0 aromatic rings. The Labute approximate surface area is 66.3 Å². The minimum atomic E-state index is 0.660. The summed E-state index contributed by atoms with van der Waals surface area (Å²) in [5.41, 5.74) is 0. The van der Waals surface area contributed by atoms with E-state index >= 15 is 0 Å². The van der Waals surface area contributed by atoms with Gasteiger partial charge in [-0.05, 0) is 24.5 Å². The summed E-state index contributed by atoms with van der Waals surface area (Å²) in [4.78, 5) is 0. The van der Waals surface area contributed by atoms with Crippen LogP contribution in [-0.4, -0.2) is 16.9 Å². The van der Waals surface area contributed by atoms with Crippen molar-refractivity contribution in [1.29, 1.82) is 0 Å². The third-order valence-corrected chi connectivity index (χ3v) is 3.58. The second-order valence-corrected chi connectivity index (χ2v) is 4.52. The van der Waals surface area contributed by atoms with Crippen molar-refractivity contribution in [2.45, 2.75) is 25.0 Å². The number of rotatable bonds is 4. The van der Waals surface area contributed by atoms with E-state index in [2.05, 4.69) is 6.92 Å². The molecule has 0 N–H and O–H groups in total. The van der Waals surface area contributed by atoms with Gasteiger partial charge in [0.25, 0.3) is 0 Å². The monoisotopic (exact) mass is 164 g/mol. The molecule has 0 aromatic carbocycles. The van der Waals surface area contributed by atoms with Crippen LogP contribution in [0, 0.1) is 5.92 Å². The zero-order valence-corrected chi connectivity index (χ0v) is 7.34. The average Bonchev–Trinajstić information content (AvgIpc) is 2.65. The molecule has 0 aromatic heterocycles. The maximum Gasteiger partial charge on any atom is 0.0339 e. The fourth-order valence-electron chi connectivity index (χ4n) is 0.629. The molecule has 0 amide bonds. The summed E-state index contributed by atoms with van der Waals surface area (Å²) in [5, 5.41) is 0.660. The molecule has 9 heavy (non-hydrogen) atoms. The molecule has 1 atom stereocenters. The van der Waals surface area contributed by atoms with Crippen molar-refractivity contribution in [3.63, 3.8) is 0 Å². The summed E-state index contributed by atoms with van der Waals surface area (Å²) < 4.78 is 0. The molecule has 54 valence electrons. The van der Waals surface area contributed by atoms with Crippen molar-refractivity contribution in [3.05, 3.63) is 0 Å². The summed E-state index contributed by atoms with van der Waals surface area (Å²) in [6, 6.07) is 0. The van der Waals surface area contributed by atoms with E-state index in [0.717, 1.165) is 11.8 Å². The molecule has 0 saturated heterocycles. The van der Waals surface area contributed by atoms with Crippen molar-refractivity contribution in [3.8, 4) is 0 Å². The van der Waals surface area contributed by atoms with E-state index in [4.69, 9.17) is 11.6 Å². The Morgan fingerprint density at radius 3 is 2.78 bits per heavy atom. The first-order chi connectivity index (χ1) is 4.33. The summed E-state index contributed by atoms with van der Waals surface area (Å²) in [5.74, 6) is 3.19. The van der Waals surface area contributed by atoms with Gasteiger partial charge in [0.15, 0.2) is 0 Å². The first kappa shape index (κ1) is 7.74. The van der Waals surface area contributed by atoms with Gasteiger partial charge in [0.2, 0.25) is 0 Å². The van der Waals surface area contributed by atoms with Crippen LogP contribution in [0.15, 0.2) is 0 Å². The topological polar surface area (TPSA) is 0 Å². The van der Waals surface area contributed by atoms with Crippen LogP contribution in [0.1, 0.15) is 19.8 Å². The van der Waals surface area contributed by atoms with Crippen molar-refractivity contribution in [2.24, 2.45) is 5.92 Å².